The zero-order valence-corrected chi connectivity index (χ0v) is 25.4. The number of esters is 3. The molecule has 40 heavy (non-hydrogen) atoms. The Balaban J connectivity index is 1.95. The predicted molar refractivity (Wildman–Crippen MR) is 153 cm³/mol. The molecule has 1 aliphatic heterocycles. The number of aryl methyl sites for hydroxylation is 1. The van der Waals surface area contributed by atoms with Crippen molar-refractivity contribution in [1.82, 2.24) is 4.98 Å². The van der Waals surface area contributed by atoms with E-state index in [2.05, 4.69) is 11.1 Å². The van der Waals surface area contributed by atoms with E-state index in [1.807, 2.05) is 31.4 Å². The molecule has 0 radical (unpaired) electrons. The summed E-state index contributed by atoms with van der Waals surface area (Å²) >= 11 is 1.55. The molecule has 0 aromatic carbocycles. The zero-order valence-electron chi connectivity index (χ0n) is 24.6. The minimum absolute atomic E-state index is 0.0698. The average molecular weight is 574 g/mol. The number of carbonyl (C=O) groups excluding carboxylic acids is 4. The fourth-order valence-electron chi connectivity index (χ4n) is 5.79. The molecule has 0 amide bonds. The lowest BCUT2D eigenvalue weighted by Crippen LogP contribution is -2.50. The van der Waals surface area contributed by atoms with Gasteiger partial charge in [0.2, 0.25) is 0 Å². The molecule has 1 saturated carbocycles. The number of fused-ring (bicyclic) bond motifs is 2. The number of carbonyl (C=O) groups is 4. The molecule has 0 N–H and O–H groups in total. The standard InChI is InChI=1S/C31H43NO7S/c1-19(16-24-18-40-20(2)32-24)26-15-10-8-7-9-12-23-13-11-14-25(29(23)38-22(4)34)30(36)31(5,6)27(37-21(3)33)17-28(35)39-26/h8,10,16,18,23,25-27,29H,7,9,11-15,17H2,1-6H3/b10-8+,19-16+/t23-,25-,26+,27+,29+/m1/s1. The van der Waals surface area contributed by atoms with Gasteiger partial charge in [-0.15, -0.1) is 11.3 Å². The molecule has 220 valence electrons. The maximum absolute atomic E-state index is 14.1. The number of ketones is 1. The van der Waals surface area contributed by atoms with E-state index in [0.717, 1.165) is 48.4 Å². The maximum atomic E-state index is 14.1. The van der Waals surface area contributed by atoms with Crippen LogP contribution in [-0.4, -0.2) is 47.0 Å². The second-order valence-corrected chi connectivity index (χ2v) is 12.6. The molecule has 1 fully saturated rings. The highest BCUT2D eigenvalue weighted by Crippen LogP contribution is 2.41. The molecule has 2 bridgehead atoms. The summed E-state index contributed by atoms with van der Waals surface area (Å²) in [7, 11) is 0. The van der Waals surface area contributed by atoms with Gasteiger partial charge in [0.05, 0.1) is 28.5 Å². The first-order valence-corrected chi connectivity index (χ1v) is 15.1. The van der Waals surface area contributed by atoms with Crippen LogP contribution in [0.25, 0.3) is 6.08 Å². The Labute approximate surface area is 241 Å². The van der Waals surface area contributed by atoms with Crippen molar-refractivity contribution in [2.45, 2.75) is 111 Å². The van der Waals surface area contributed by atoms with Crippen molar-refractivity contribution in [3.05, 3.63) is 33.8 Å². The highest BCUT2D eigenvalue weighted by atomic mass is 32.1. The molecule has 9 heteroatoms. The molecule has 1 aromatic rings. The molecule has 2 heterocycles. The van der Waals surface area contributed by atoms with E-state index in [9.17, 15) is 19.2 Å². The van der Waals surface area contributed by atoms with E-state index in [1.54, 1.807) is 25.2 Å². The van der Waals surface area contributed by atoms with Crippen LogP contribution in [-0.2, 0) is 33.4 Å². The molecule has 5 atom stereocenters. The number of hydrogen-bond donors (Lipinski definition) is 0. The monoisotopic (exact) mass is 573 g/mol. The van der Waals surface area contributed by atoms with Crippen LogP contribution in [0.15, 0.2) is 23.1 Å². The first kappa shape index (κ1) is 31.7. The number of cyclic esters (lactones) is 1. The Morgan fingerprint density at radius 2 is 1.75 bits per heavy atom. The van der Waals surface area contributed by atoms with Crippen LogP contribution in [0.3, 0.4) is 0 Å². The van der Waals surface area contributed by atoms with Gasteiger partial charge < -0.3 is 14.2 Å². The largest absolute Gasteiger partial charge is 0.461 e. The summed E-state index contributed by atoms with van der Waals surface area (Å²) in [6, 6.07) is 0. The second kappa shape index (κ2) is 14.2. The van der Waals surface area contributed by atoms with Crippen LogP contribution < -0.4 is 0 Å². The van der Waals surface area contributed by atoms with Crippen LogP contribution in [0.1, 0.15) is 96.7 Å². The van der Waals surface area contributed by atoms with Gasteiger partial charge in [0.1, 0.15) is 24.1 Å². The first-order chi connectivity index (χ1) is 18.9. The topological polar surface area (TPSA) is 109 Å². The minimum atomic E-state index is -1.20. The van der Waals surface area contributed by atoms with Crippen LogP contribution in [0.2, 0.25) is 0 Å². The third-order valence-corrected chi connectivity index (χ3v) is 8.74. The number of ether oxygens (including phenoxy) is 3. The number of aromatic nitrogens is 1. The van der Waals surface area contributed by atoms with Crippen molar-refractivity contribution in [2.75, 3.05) is 0 Å². The Morgan fingerprint density at radius 1 is 1.05 bits per heavy atom. The van der Waals surface area contributed by atoms with Crippen molar-refractivity contribution in [2.24, 2.45) is 17.3 Å². The molecule has 2 aliphatic rings. The summed E-state index contributed by atoms with van der Waals surface area (Å²) in [5.41, 5.74) is 0.457. The molecule has 0 spiro atoms. The number of rotatable bonds is 4. The molecule has 1 aliphatic carbocycles. The highest BCUT2D eigenvalue weighted by molar-refractivity contribution is 7.09. The van der Waals surface area contributed by atoms with E-state index in [-0.39, 0.29) is 18.1 Å². The third kappa shape index (κ3) is 8.59. The third-order valence-electron chi connectivity index (χ3n) is 7.95. The fourth-order valence-corrected chi connectivity index (χ4v) is 6.36. The molecular weight excluding hydrogens is 530 g/mol. The van der Waals surface area contributed by atoms with Gasteiger partial charge in [0.15, 0.2) is 0 Å². The van der Waals surface area contributed by atoms with E-state index in [4.69, 9.17) is 14.2 Å². The van der Waals surface area contributed by atoms with Crippen molar-refractivity contribution >= 4 is 41.1 Å². The predicted octanol–water partition coefficient (Wildman–Crippen LogP) is 6.16. The van der Waals surface area contributed by atoms with Gasteiger partial charge in [-0.25, -0.2) is 4.98 Å². The summed E-state index contributed by atoms with van der Waals surface area (Å²) in [6.45, 7) is 9.87. The van der Waals surface area contributed by atoms with E-state index in [1.165, 1.54) is 13.8 Å². The Morgan fingerprint density at radius 3 is 2.40 bits per heavy atom. The fraction of sp³-hybridized carbons (Fsp3) is 0.645. The van der Waals surface area contributed by atoms with Gasteiger partial charge in [-0.2, -0.15) is 0 Å². The van der Waals surface area contributed by atoms with Gasteiger partial charge in [-0.1, -0.05) is 18.6 Å². The summed E-state index contributed by atoms with van der Waals surface area (Å²) in [6.07, 6.45) is 9.01. The second-order valence-electron chi connectivity index (χ2n) is 11.6. The van der Waals surface area contributed by atoms with E-state index in [0.29, 0.717) is 12.8 Å². The Hall–Kier alpha value is -2.81. The minimum Gasteiger partial charge on any atom is -0.461 e. The lowest BCUT2D eigenvalue weighted by atomic mass is 9.67. The summed E-state index contributed by atoms with van der Waals surface area (Å²) < 4.78 is 17.3. The number of allylic oxidation sites excluding steroid dienone is 1. The molecule has 3 rings (SSSR count). The van der Waals surface area contributed by atoms with Crippen LogP contribution >= 0.6 is 11.3 Å². The molecule has 8 nitrogen and oxygen atoms in total. The normalized spacial score (nSPS) is 29.2. The lowest BCUT2D eigenvalue weighted by molar-refractivity contribution is -0.168. The average Bonchev–Trinajstić information content (AvgIpc) is 3.28. The smallest absolute Gasteiger partial charge is 0.310 e. The quantitative estimate of drug-likeness (QED) is 0.239. The van der Waals surface area contributed by atoms with Gasteiger partial charge in [0.25, 0.3) is 0 Å². The Bertz CT molecular complexity index is 1130. The van der Waals surface area contributed by atoms with E-state index < -0.39 is 47.6 Å². The van der Waals surface area contributed by atoms with Gasteiger partial charge in [-0.05, 0) is 77.4 Å². The maximum Gasteiger partial charge on any atom is 0.310 e. The van der Waals surface area contributed by atoms with Crippen molar-refractivity contribution in [3.8, 4) is 0 Å². The summed E-state index contributed by atoms with van der Waals surface area (Å²) in [5.74, 6) is -2.18. The highest BCUT2D eigenvalue weighted by Gasteiger charge is 2.49. The van der Waals surface area contributed by atoms with Crippen molar-refractivity contribution < 1.29 is 33.4 Å². The lowest BCUT2D eigenvalue weighted by Gasteiger charge is -2.41. The molecule has 0 unspecified atom stereocenters. The summed E-state index contributed by atoms with van der Waals surface area (Å²) in [4.78, 5) is 56.0. The van der Waals surface area contributed by atoms with Crippen molar-refractivity contribution in [1.29, 1.82) is 0 Å². The molecule has 1 aromatic heterocycles. The zero-order chi connectivity index (χ0) is 29.4. The van der Waals surface area contributed by atoms with Gasteiger partial charge in [0, 0.05) is 25.6 Å². The Kier molecular flexibility index (Phi) is 11.3. The van der Waals surface area contributed by atoms with Crippen LogP contribution in [0.5, 0.6) is 0 Å². The van der Waals surface area contributed by atoms with Crippen LogP contribution in [0.4, 0.5) is 0 Å². The van der Waals surface area contributed by atoms with E-state index >= 15 is 0 Å². The van der Waals surface area contributed by atoms with Crippen molar-refractivity contribution in [3.63, 3.8) is 0 Å². The molecule has 0 saturated heterocycles. The van der Waals surface area contributed by atoms with Gasteiger partial charge >= 0.3 is 17.9 Å². The number of thiazole rings is 1. The number of hydrogen-bond acceptors (Lipinski definition) is 9. The van der Waals surface area contributed by atoms with Gasteiger partial charge in [-0.3, -0.25) is 19.2 Å². The summed E-state index contributed by atoms with van der Waals surface area (Å²) in [5, 5.41) is 2.90. The SMILES string of the molecule is CC(=O)O[C@H]1[C@@H]2CCC/C=C/C[C@@H](/C(C)=C/c3csc(C)n3)OC(=O)C[C@H](OC(C)=O)C(C)(C)C(=O)[C@@H]1CCC2. The number of nitrogens with zero attached hydrogens (tertiary/aromatic N) is 1. The van der Waals surface area contributed by atoms with Crippen LogP contribution in [0, 0.1) is 24.2 Å². The first-order valence-electron chi connectivity index (χ1n) is 14.2. The number of Topliss-reactive ketones (excluding diaryl/α,β-unsaturated/α-hetero) is 1. The molecular formula is C31H43NO7S.